The molecule has 0 amide bonds. The molecule has 0 saturated heterocycles. The molecule has 1 rings (SSSR count). The van der Waals surface area contributed by atoms with E-state index >= 15 is 0 Å². The maximum Gasteiger partial charge on any atom is 0.0525 e. The summed E-state index contributed by atoms with van der Waals surface area (Å²) in [6.45, 7) is 0.189. The van der Waals surface area contributed by atoms with Gasteiger partial charge in [0.2, 0.25) is 0 Å². The van der Waals surface area contributed by atoms with Crippen molar-refractivity contribution in [2.75, 3.05) is 12.4 Å². The van der Waals surface area contributed by atoms with Gasteiger partial charge in [-0.25, -0.2) is 0 Å². The number of thioether (sulfide) groups is 1. The first kappa shape index (κ1) is 10.4. The average molecular weight is 268 g/mol. The van der Waals surface area contributed by atoms with E-state index in [1.807, 2.05) is 18.2 Å². The second-order valence-electron chi connectivity index (χ2n) is 2.18. The van der Waals surface area contributed by atoms with E-state index in [1.165, 1.54) is 0 Å². The molecule has 0 spiro atoms. The molecule has 0 aromatic heterocycles. The predicted octanol–water partition coefficient (Wildman–Crippen LogP) is 3.19. The third-order valence-corrected chi connectivity index (χ3v) is 2.83. The SMILES string of the molecule is OCCSc1cc(Cl)cc(Br)c1. The van der Waals surface area contributed by atoms with Gasteiger partial charge in [0.05, 0.1) is 6.61 Å². The molecular weight excluding hydrogens is 260 g/mol. The van der Waals surface area contributed by atoms with Crippen LogP contribution in [-0.4, -0.2) is 17.5 Å². The standard InChI is InChI=1S/C8H8BrClOS/c9-6-3-7(10)5-8(4-6)12-2-1-11/h3-5,11H,1-2H2. The summed E-state index contributed by atoms with van der Waals surface area (Å²) >= 11 is 10.8. The summed E-state index contributed by atoms with van der Waals surface area (Å²) in [5, 5.41) is 9.31. The molecule has 12 heavy (non-hydrogen) atoms. The Kier molecular flexibility index (Phi) is 4.43. The van der Waals surface area contributed by atoms with E-state index < -0.39 is 0 Å². The molecule has 0 unspecified atom stereocenters. The molecule has 1 aromatic rings. The summed E-state index contributed by atoms with van der Waals surface area (Å²) in [5.74, 6) is 0.701. The van der Waals surface area contributed by atoms with Gasteiger partial charge in [-0.2, -0.15) is 0 Å². The van der Waals surface area contributed by atoms with Crippen molar-refractivity contribution in [1.29, 1.82) is 0 Å². The lowest BCUT2D eigenvalue weighted by atomic mass is 10.4. The monoisotopic (exact) mass is 266 g/mol. The molecule has 0 radical (unpaired) electrons. The van der Waals surface area contributed by atoms with Crippen LogP contribution in [0.4, 0.5) is 0 Å². The van der Waals surface area contributed by atoms with E-state index in [2.05, 4.69) is 15.9 Å². The van der Waals surface area contributed by atoms with Crippen molar-refractivity contribution in [2.45, 2.75) is 4.90 Å². The Morgan fingerprint density at radius 1 is 1.42 bits per heavy atom. The zero-order valence-corrected chi connectivity index (χ0v) is 9.42. The van der Waals surface area contributed by atoms with Crippen LogP contribution < -0.4 is 0 Å². The Morgan fingerprint density at radius 2 is 2.17 bits per heavy atom. The molecule has 0 aliphatic heterocycles. The first-order valence-electron chi connectivity index (χ1n) is 3.42. The van der Waals surface area contributed by atoms with Gasteiger partial charge in [0.1, 0.15) is 0 Å². The summed E-state index contributed by atoms with van der Waals surface area (Å²) < 4.78 is 0.968. The molecule has 0 fully saturated rings. The van der Waals surface area contributed by atoms with Crippen LogP contribution in [0.5, 0.6) is 0 Å². The second-order valence-corrected chi connectivity index (χ2v) is 4.70. The highest BCUT2D eigenvalue weighted by Gasteiger charge is 1.97. The summed E-state index contributed by atoms with van der Waals surface area (Å²) in [6, 6.07) is 5.70. The molecule has 66 valence electrons. The van der Waals surface area contributed by atoms with Crippen molar-refractivity contribution in [2.24, 2.45) is 0 Å². The van der Waals surface area contributed by atoms with Crippen molar-refractivity contribution in [3.8, 4) is 0 Å². The lowest BCUT2D eigenvalue weighted by molar-refractivity contribution is 0.322. The summed E-state index contributed by atoms with van der Waals surface area (Å²) in [7, 11) is 0. The molecule has 0 aliphatic rings. The van der Waals surface area contributed by atoms with Crippen molar-refractivity contribution in [1.82, 2.24) is 0 Å². The van der Waals surface area contributed by atoms with Gasteiger partial charge in [0, 0.05) is 20.1 Å². The van der Waals surface area contributed by atoms with E-state index in [1.54, 1.807) is 11.8 Å². The largest absolute Gasteiger partial charge is 0.396 e. The lowest BCUT2D eigenvalue weighted by Gasteiger charge is -2.00. The van der Waals surface area contributed by atoms with E-state index in [-0.39, 0.29) is 6.61 Å². The van der Waals surface area contributed by atoms with Gasteiger partial charge in [0.25, 0.3) is 0 Å². The van der Waals surface area contributed by atoms with Crippen LogP contribution in [0.3, 0.4) is 0 Å². The Labute approximate surface area is 89.2 Å². The third-order valence-electron chi connectivity index (χ3n) is 1.20. The number of rotatable bonds is 3. The van der Waals surface area contributed by atoms with Crippen LogP contribution in [-0.2, 0) is 0 Å². The van der Waals surface area contributed by atoms with E-state index in [0.717, 1.165) is 9.37 Å². The molecule has 0 heterocycles. The van der Waals surface area contributed by atoms with Crippen LogP contribution in [0.25, 0.3) is 0 Å². The lowest BCUT2D eigenvalue weighted by Crippen LogP contribution is -1.85. The highest BCUT2D eigenvalue weighted by Crippen LogP contribution is 2.26. The van der Waals surface area contributed by atoms with Gasteiger partial charge in [-0.1, -0.05) is 27.5 Å². The molecule has 1 N–H and O–H groups in total. The van der Waals surface area contributed by atoms with E-state index in [9.17, 15) is 0 Å². The number of aliphatic hydroxyl groups is 1. The second kappa shape index (κ2) is 5.12. The Balaban J connectivity index is 2.72. The quantitative estimate of drug-likeness (QED) is 0.849. The fraction of sp³-hybridized carbons (Fsp3) is 0.250. The van der Waals surface area contributed by atoms with Crippen molar-refractivity contribution in [3.05, 3.63) is 27.7 Å². The maximum absolute atomic E-state index is 8.60. The van der Waals surface area contributed by atoms with Gasteiger partial charge in [-0.3, -0.25) is 0 Å². The average Bonchev–Trinajstić information content (AvgIpc) is 1.99. The fourth-order valence-electron chi connectivity index (χ4n) is 0.775. The third kappa shape index (κ3) is 3.35. The topological polar surface area (TPSA) is 20.2 Å². The molecule has 1 aromatic carbocycles. The number of hydrogen-bond acceptors (Lipinski definition) is 2. The number of aliphatic hydroxyl groups excluding tert-OH is 1. The zero-order chi connectivity index (χ0) is 8.97. The van der Waals surface area contributed by atoms with Crippen molar-refractivity contribution < 1.29 is 5.11 Å². The van der Waals surface area contributed by atoms with E-state index in [4.69, 9.17) is 16.7 Å². The highest BCUT2D eigenvalue weighted by molar-refractivity contribution is 9.10. The molecule has 0 atom stereocenters. The van der Waals surface area contributed by atoms with Crippen LogP contribution in [0.2, 0.25) is 5.02 Å². The summed E-state index contributed by atoms with van der Waals surface area (Å²) in [6.07, 6.45) is 0. The fourth-order valence-corrected chi connectivity index (χ4v) is 2.60. The zero-order valence-electron chi connectivity index (χ0n) is 6.26. The first-order chi connectivity index (χ1) is 5.72. The number of benzene rings is 1. The van der Waals surface area contributed by atoms with E-state index in [0.29, 0.717) is 10.8 Å². The summed E-state index contributed by atoms with van der Waals surface area (Å²) in [5.41, 5.74) is 0. The number of hydrogen-bond donors (Lipinski definition) is 1. The maximum atomic E-state index is 8.60. The van der Waals surface area contributed by atoms with Gasteiger partial charge in [0.15, 0.2) is 0 Å². The van der Waals surface area contributed by atoms with Crippen LogP contribution in [0.15, 0.2) is 27.6 Å². The van der Waals surface area contributed by atoms with Crippen LogP contribution >= 0.6 is 39.3 Å². The van der Waals surface area contributed by atoms with Gasteiger partial charge >= 0.3 is 0 Å². The minimum Gasteiger partial charge on any atom is -0.396 e. The molecule has 4 heteroatoms. The molecule has 0 bridgehead atoms. The Bertz CT molecular complexity index is 247. The smallest absolute Gasteiger partial charge is 0.0525 e. The predicted molar refractivity (Wildman–Crippen MR) is 57.0 cm³/mol. The summed E-state index contributed by atoms with van der Waals surface area (Å²) in [4.78, 5) is 1.07. The first-order valence-corrected chi connectivity index (χ1v) is 5.58. The Hall–Kier alpha value is 0.300. The van der Waals surface area contributed by atoms with Crippen molar-refractivity contribution >= 4 is 39.3 Å². The molecule has 0 saturated carbocycles. The number of halogens is 2. The molecule has 1 nitrogen and oxygen atoms in total. The highest BCUT2D eigenvalue weighted by atomic mass is 79.9. The molecule has 0 aliphatic carbocycles. The van der Waals surface area contributed by atoms with Crippen LogP contribution in [0.1, 0.15) is 0 Å². The van der Waals surface area contributed by atoms with Crippen LogP contribution in [0, 0.1) is 0 Å². The molecular formula is C8H8BrClOS. The minimum atomic E-state index is 0.189. The van der Waals surface area contributed by atoms with Crippen molar-refractivity contribution in [3.63, 3.8) is 0 Å². The normalized spacial score (nSPS) is 10.2. The van der Waals surface area contributed by atoms with Gasteiger partial charge in [-0.15, -0.1) is 11.8 Å². The van der Waals surface area contributed by atoms with Gasteiger partial charge < -0.3 is 5.11 Å². The minimum absolute atomic E-state index is 0.189. The van der Waals surface area contributed by atoms with Gasteiger partial charge in [-0.05, 0) is 18.2 Å². The Morgan fingerprint density at radius 3 is 2.75 bits per heavy atom.